The Bertz CT molecular complexity index is 666. The SMILES string of the molecule is COc1ccc(CCNCCC(=O)Nc2ccc(C)cc2C)cc1. The highest BCUT2D eigenvalue weighted by atomic mass is 16.5. The topological polar surface area (TPSA) is 50.4 Å². The van der Waals surface area contributed by atoms with E-state index >= 15 is 0 Å². The number of ether oxygens (including phenoxy) is 1. The lowest BCUT2D eigenvalue weighted by atomic mass is 10.1. The molecule has 4 heteroatoms. The van der Waals surface area contributed by atoms with Gasteiger partial charge in [0.1, 0.15) is 5.75 Å². The van der Waals surface area contributed by atoms with Crippen LogP contribution in [0.3, 0.4) is 0 Å². The van der Waals surface area contributed by atoms with Crippen LogP contribution in [0.4, 0.5) is 5.69 Å². The lowest BCUT2D eigenvalue weighted by Gasteiger charge is -2.10. The zero-order valence-corrected chi connectivity index (χ0v) is 14.7. The number of aryl methyl sites for hydroxylation is 2. The minimum atomic E-state index is 0.0406. The molecule has 0 aliphatic heterocycles. The van der Waals surface area contributed by atoms with E-state index in [0.717, 1.165) is 30.0 Å². The number of carbonyl (C=O) groups is 1. The van der Waals surface area contributed by atoms with Crippen molar-refractivity contribution in [1.29, 1.82) is 0 Å². The molecule has 0 heterocycles. The molecule has 128 valence electrons. The standard InChI is InChI=1S/C20H26N2O2/c1-15-4-9-19(16(2)14-15)22-20(23)11-13-21-12-10-17-5-7-18(24-3)8-6-17/h4-9,14,21H,10-13H2,1-3H3,(H,22,23). The van der Waals surface area contributed by atoms with E-state index < -0.39 is 0 Å². The summed E-state index contributed by atoms with van der Waals surface area (Å²) < 4.78 is 5.14. The van der Waals surface area contributed by atoms with Gasteiger partial charge in [0.2, 0.25) is 5.91 Å². The molecule has 1 amide bonds. The Hall–Kier alpha value is -2.33. The predicted molar refractivity (Wildman–Crippen MR) is 98.7 cm³/mol. The van der Waals surface area contributed by atoms with Crippen molar-refractivity contribution < 1.29 is 9.53 Å². The molecule has 0 aromatic heterocycles. The number of hydrogen-bond donors (Lipinski definition) is 2. The van der Waals surface area contributed by atoms with Crippen LogP contribution in [-0.4, -0.2) is 26.1 Å². The zero-order valence-electron chi connectivity index (χ0n) is 14.7. The molecule has 0 saturated carbocycles. The number of hydrogen-bond acceptors (Lipinski definition) is 3. The average Bonchev–Trinajstić information content (AvgIpc) is 2.57. The second-order valence-electron chi connectivity index (χ2n) is 5.96. The molecule has 2 rings (SSSR count). The lowest BCUT2D eigenvalue weighted by molar-refractivity contribution is -0.116. The monoisotopic (exact) mass is 326 g/mol. The van der Waals surface area contributed by atoms with Gasteiger partial charge in [0.15, 0.2) is 0 Å². The summed E-state index contributed by atoms with van der Waals surface area (Å²) >= 11 is 0. The maximum atomic E-state index is 12.0. The summed E-state index contributed by atoms with van der Waals surface area (Å²) in [6, 6.07) is 14.1. The number of benzene rings is 2. The summed E-state index contributed by atoms with van der Waals surface area (Å²) in [5.41, 5.74) is 4.44. The Morgan fingerprint density at radius 2 is 1.79 bits per heavy atom. The van der Waals surface area contributed by atoms with Gasteiger partial charge in [-0.25, -0.2) is 0 Å². The van der Waals surface area contributed by atoms with Crippen molar-refractivity contribution in [2.24, 2.45) is 0 Å². The molecular weight excluding hydrogens is 300 g/mol. The van der Waals surface area contributed by atoms with Crippen molar-refractivity contribution in [3.8, 4) is 5.75 Å². The Labute approximate surface area is 144 Å². The van der Waals surface area contributed by atoms with Crippen molar-refractivity contribution in [3.05, 3.63) is 59.2 Å². The van der Waals surface area contributed by atoms with Gasteiger partial charge in [0.25, 0.3) is 0 Å². The second-order valence-corrected chi connectivity index (χ2v) is 5.96. The van der Waals surface area contributed by atoms with Crippen LogP contribution in [0.1, 0.15) is 23.1 Å². The van der Waals surface area contributed by atoms with Crippen molar-refractivity contribution >= 4 is 11.6 Å². The molecule has 0 radical (unpaired) electrons. The highest BCUT2D eigenvalue weighted by Crippen LogP contribution is 2.16. The van der Waals surface area contributed by atoms with Crippen molar-refractivity contribution in [2.75, 3.05) is 25.5 Å². The summed E-state index contributed by atoms with van der Waals surface area (Å²) in [4.78, 5) is 12.0. The number of anilines is 1. The van der Waals surface area contributed by atoms with Crippen LogP contribution in [0.2, 0.25) is 0 Å². The van der Waals surface area contributed by atoms with Gasteiger partial charge in [-0.15, -0.1) is 0 Å². The number of rotatable bonds is 8. The molecule has 0 aliphatic carbocycles. The Morgan fingerprint density at radius 3 is 2.46 bits per heavy atom. The second kappa shape index (κ2) is 9.08. The highest BCUT2D eigenvalue weighted by Gasteiger charge is 2.04. The van der Waals surface area contributed by atoms with Crippen LogP contribution in [-0.2, 0) is 11.2 Å². The number of amides is 1. The smallest absolute Gasteiger partial charge is 0.225 e. The van der Waals surface area contributed by atoms with Crippen LogP contribution >= 0.6 is 0 Å². The molecule has 0 spiro atoms. The summed E-state index contributed by atoms with van der Waals surface area (Å²) in [5, 5.41) is 6.28. The van der Waals surface area contributed by atoms with Crippen molar-refractivity contribution in [2.45, 2.75) is 26.7 Å². The Morgan fingerprint density at radius 1 is 1.04 bits per heavy atom. The van der Waals surface area contributed by atoms with Gasteiger partial charge in [0.05, 0.1) is 7.11 Å². The van der Waals surface area contributed by atoms with Crippen LogP contribution in [0, 0.1) is 13.8 Å². The molecular formula is C20H26N2O2. The maximum Gasteiger partial charge on any atom is 0.225 e. The van der Waals surface area contributed by atoms with Crippen molar-refractivity contribution in [3.63, 3.8) is 0 Å². The molecule has 24 heavy (non-hydrogen) atoms. The maximum absolute atomic E-state index is 12.0. The normalized spacial score (nSPS) is 10.5. The van der Waals surface area contributed by atoms with Gasteiger partial charge in [-0.1, -0.05) is 29.8 Å². The number of carbonyl (C=O) groups excluding carboxylic acids is 1. The molecule has 0 bridgehead atoms. The summed E-state index contributed by atoms with van der Waals surface area (Å²) in [6.45, 7) is 5.58. The first kappa shape index (κ1) is 18.0. The predicted octanol–water partition coefficient (Wildman–Crippen LogP) is 3.47. The van der Waals surface area contributed by atoms with Gasteiger partial charge in [-0.2, -0.15) is 0 Å². The van der Waals surface area contributed by atoms with E-state index in [1.165, 1.54) is 11.1 Å². The van der Waals surface area contributed by atoms with Crippen LogP contribution in [0.15, 0.2) is 42.5 Å². The minimum absolute atomic E-state index is 0.0406. The van der Waals surface area contributed by atoms with Crippen LogP contribution in [0.5, 0.6) is 5.75 Å². The number of methoxy groups -OCH3 is 1. The largest absolute Gasteiger partial charge is 0.497 e. The average molecular weight is 326 g/mol. The Kier molecular flexibility index (Phi) is 6.82. The van der Waals surface area contributed by atoms with E-state index in [9.17, 15) is 4.79 Å². The van der Waals surface area contributed by atoms with E-state index in [1.807, 2.05) is 38.1 Å². The van der Waals surface area contributed by atoms with E-state index in [4.69, 9.17) is 4.74 Å². The van der Waals surface area contributed by atoms with Crippen LogP contribution < -0.4 is 15.4 Å². The van der Waals surface area contributed by atoms with Gasteiger partial charge >= 0.3 is 0 Å². The quantitative estimate of drug-likeness (QED) is 0.730. The first-order valence-corrected chi connectivity index (χ1v) is 8.29. The fourth-order valence-electron chi connectivity index (χ4n) is 2.52. The van der Waals surface area contributed by atoms with E-state index in [2.05, 4.69) is 28.8 Å². The third-order valence-electron chi connectivity index (χ3n) is 3.93. The molecule has 0 atom stereocenters. The Balaban J connectivity index is 1.65. The van der Waals surface area contributed by atoms with Crippen LogP contribution in [0.25, 0.3) is 0 Å². The molecule has 0 fully saturated rings. The molecule has 2 aromatic rings. The fourth-order valence-corrected chi connectivity index (χ4v) is 2.52. The first-order chi connectivity index (χ1) is 11.6. The number of nitrogens with one attached hydrogen (secondary N) is 2. The van der Waals surface area contributed by atoms with Gasteiger partial charge in [-0.3, -0.25) is 4.79 Å². The molecule has 2 N–H and O–H groups in total. The highest BCUT2D eigenvalue weighted by molar-refractivity contribution is 5.91. The fraction of sp³-hybridized carbons (Fsp3) is 0.350. The van der Waals surface area contributed by atoms with E-state index in [0.29, 0.717) is 13.0 Å². The zero-order chi connectivity index (χ0) is 17.4. The summed E-state index contributed by atoms with van der Waals surface area (Å²) in [5.74, 6) is 0.911. The minimum Gasteiger partial charge on any atom is -0.497 e. The van der Waals surface area contributed by atoms with E-state index in [1.54, 1.807) is 7.11 Å². The molecule has 0 aliphatic rings. The molecule has 4 nitrogen and oxygen atoms in total. The van der Waals surface area contributed by atoms with Gasteiger partial charge < -0.3 is 15.4 Å². The first-order valence-electron chi connectivity index (χ1n) is 8.29. The lowest BCUT2D eigenvalue weighted by Crippen LogP contribution is -2.23. The summed E-state index contributed by atoms with van der Waals surface area (Å²) in [7, 11) is 1.67. The van der Waals surface area contributed by atoms with Gasteiger partial charge in [0, 0.05) is 18.7 Å². The molecule has 2 aromatic carbocycles. The molecule has 0 saturated heterocycles. The third kappa shape index (κ3) is 5.70. The van der Waals surface area contributed by atoms with E-state index in [-0.39, 0.29) is 5.91 Å². The van der Waals surface area contributed by atoms with Gasteiger partial charge in [-0.05, 0) is 56.1 Å². The molecule has 0 unspecified atom stereocenters. The summed E-state index contributed by atoms with van der Waals surface area (Å²) in [6.07, 6.45) is 1.40. The third-order valence-corrected chi connectivity index (χ3v) is 3.93. The van der Waals surface area contributed by atoms with Crippen molar-refractivity contribution in [1.82, 2.24) is 5.32 Å².